The van der Waals surface area contributed by atoms with Crippen molar-refractivity contribution in [2.24, 2.45) is 11.8 Å². The minimum atomic E-state index is 0.529. The molecule has 0 saturated heterocycles. The smallest absolute Gasteiger partial charge is 0.133 e. The maximum atomic E-state index is 5.50. The van der Waals surface area contributed by atoms with Crippen molar-refractivity contribution >= 4 is 11.3 Å². The average Bonchev–Trinajstić information content (AvgIpc) is 3.49. The van der Waals surface area contributed by atoms with Crippen molar-refractivity contribution in [3.63, 3.8) is 0 Å². The summed E-state index contributed by atoms with van der Waals surface area (Å²) in [6.07, 6.45) is 14.1. The molecule has 0 amide bonds. The van der Waals surface area contributed by atoms with Gasteiger partial charge in [0.1, 0.15) is 5.82 Å². The van der Waals surface area contributed by atoms with Crippen LogP contribution in [0, 0.1) is 24.2 Å². The van der Waals surface area contributed by atoms with E-state index < -0.39 is 0 Å². The Balaban J connectivity index is 1.46. The van der Waals surface area contributed by atoms with Gasteiger partial charge in [-0.25, -0.2) is 9.97 Å². The third-order valence-electron chi connectivity index (χ3n) is 6.01. The molecule has 1 unspecified atom stereocenters. The van der Waals surface area contributed by atoms with Crippen LogP contribution in [0.25, 0.3) is 10.6 Å². The van der Waals surface area contributed by atoms with E-state index in [2.05, 4.69) is 61.2 Å². The van der Waals surface area contributed by atoms with Gasteiger partial charge in [0.05, 0.1) is 10.6 Å². The van der Waals surface area contributed by atoms with Crippen molar-refractivity contribution in [1.82, 2.24) is 9.97 Å². The quantitative estimate of drug-likeness (QED) is 0.356. The minimum absolute atomic E-state index is 0.529. The molecule has 2 nitrogen and oxygen atoms in total. The standard InChI is InChI=1S/C27H30N2S/c1-4-5-8-23(21-10-11-21)18-24-12-13-26(30-24)25-14-15-28-27(29-25)17-20-7-6-9-22(16-20)19(2)3/h1,6-7,9,12-16,19,21,23H,5,8,10-11,17-18H2,2-3H3. The van der Waals surface area contributed by atoms with Crippen LogP contribution >= 0.6 is 11.3 Å². The summed E-state index contributed by atoms with van der Waals surface area (Å²) < 4.78 is 0. The zero-order valence-electron chi connectivity index (χ0n) is 18.0. The maximum Gasteiger partial charge on any atom is 0.133 e. The largest absolute Gasteiger partial charge is 0.241 e. The second-order valence-corrected chi connectivity index (χ2v) is 9.91. The first kappa shape index (κ1) is 20.8. The summed E-state index contributed by atoms with van der Waals surface area (Å²) in [4.78, 5) is 12.1. The Morgan fingerprint density at radius 3 is 2.80 bits per heavy atom. The zero-order chi connectivity index (χ0) is 20.9. The topological polar surface area (TPSA) is 25.8 Å². The Bertz CT molecular complexity index is 1020. The zero-order valence-corrected chi connectivity index (χ0v) is 18.8. The van der Waals surface area contributed by atoms with E-state index in [1.54, 1.807) is 0 Å². The second-order valence-electron chi connectivity index (χ2n) is 8.75. The fourth-order valence-corrected chi connectivity index (χ4v) is 5.16. The first-order chi connectivity index (χ1) is 14.6. The molecule has 154 valence electrons. The van der Waals surface area contributed by atoms with Crippen LogP contribution in [0.4, 0.5) is 0 Å². The number of hydrogen-bond donors (Lipinski definition) is 0. The molecular weight excluding hydrogens is 384 g/mol. The molecule has 0 spiro atoms. The first-order valence-corrected chi connectivity index (χ1v) is 11.9. The number of benzene rings is 1. The summed E-state index contributed by atoms with van der Waals surface area (Å²) in [7, 11) is 0. The molecule has 3 heteroatoms. The van der Waals surface area contributed by atoms with Gasteiger partial charge in [0.15, 0.2) is 0 Å². The lowest BCUT2D eigenvalue weighted by molar-refractivity contribution is 0.435. The van der Waals surface area contributed by atoms with E-state index in [0.717, 1.165) is 49.0 Å². The number of rotatable bonds is 9. The number of nitrogens with zero attached hydrogens (tertiary/aromatic N) is 2. The molecule has 0 N–H and O–H groups in total. The van der Waals surface area contributed by atoms with Crippen LogP contribution in [0.15, 0.2) is 48.7 Å². The molecule has 30 heavy (non-hydrogen) atoms. The lowest BCUT2D eigenvalue weighted by Gasteiger charge is -2.13. The second kappa shape index (κ2) is 9.58. The van der Waals surface area contributed by atoms with Crippen LogP contribution in [0.1, 0.15) is 67.3 Å². The van der Waals surface area contributed by atoms with E-state index in [1.807, 2.05) is 23.6 Å². The Hall–Kier alpha value is -2.44. The number of thiophene rings is 1. The predicted octanol–water partition coefficient (Wildman–Crippen LogP) is 6.90. The molecule has 2 heterocycles. The third kappa shape index (κ3) is 5.37. The molecule has 1 aromatic carbocycles. The van der Waals surface area contributed by atoms with Gasteiger partial charge in [0, 0.05) is 23.9 Å². The van der Waals surface area contributed by atoms with Crippen LogP contribution in [0.3, 0.4) is 0 Å². The van der Waals surface area contributed by atoms with Crippen molar-refractivity contribution in [3.05, 3.63) is 70.5 Å². The van der Waals surface area contributed by atoms with Gasteiger partial charge in [-0.05, 0) is 72.8 Å². The average molecular weight is 415 g/mol. The van der Waals surface area contributed by atoms with Gasteiger partial charge in [0.25, 0.3) is 0 Å². The van der Waals surface area contributed by atoms with E-state index >= 15 is 0 Å². The van der Waals surface area contributed by atoms with Crippen molar-refractivity contribution in [1.29, 1.82) is 0 Å². The van der Waals surface area contributed by atoms with E-state index in [1.165, 1.54) is 33.7 Å². The number of aromatic nitrogens is 2. The molecule has 2 aromatic heterocycles. The normalized spacial score (nSPS) is 14.6. The molecule has 0 bridgehead atoms. The molecular formula is C27H30N2S. The van der Waals surface area contributed by atoms with E-state index in [-0.39, 0.29) is 0 Å². The first-order valence-electron chi connectivity index (χ1n) is 11.1. The van der Waals surface area contributed by atoms with Gasteiger partial charge >= 0.3 is 0 Å². The lowest BCUT2D eigenvalue weighted by atomic mass is 9.93. The highest BCUT2D eigenvalue weighted by atomic mass is 32.1. The molecule has 0 radical (unpaired) electrons. The van der Waals surface area contributed by atoms with E-state index in [4.69, 9.17) is 11.4 Å². The Kier molecular flexibility index (Phi) is 6.65. The summed E-state index contributed by atoms with van der Waals surface area (Å²) in [5, 5.41) is 0. The summed E-state index contributed by atoms with van der Waals surface area (Å²) in [6.45, 7) is 4.45. The fourth-order valence-electron chi connectivity index (χ4n) is 4.09. The van der Waals surface area contributed by atoms with Crippen LogP contribution < -0.4 is 0 Å². The monoisotopic (exact) mass is 414 g/mol. The SMILES string of the molecule is C#CCCC(Cc1ccc(-c2ccnc(Cc3cccc(C(C)C)c3)n2)s1)C1CC1. The van der Waals surface area contributed by atoms with Gasteiger partial charge in [-0.2, -0.15) is 0 Å². The van der Waals surface area contributed by atoms with Gasteiger partial charge in [-0.1, -0.05) is 38.1 Å². The molecule has 1 aliphatic rings. The van der Waals surface area contributed by atoms with Crippen molar-refractivity contribution in [2.45, 2.75) is 58.3 Å². The Labute approximate surface area is 184 Å². The Morgan fingerprint density at radius 1 is 1.17 bits per heavy atom. The predicted molar refractivity (Wildman–Crippen MR) is 127 cm³/mol. The maximum absolute atomic E-state index is 5.50. The van der Waals surface area contributed by atoms with Gasteiger partial charge in [0.2, 0.25) is 0 Å². The van der Waals surface area contributed by atoms with Crippen LogP contribution in [-0.4, -0.2) is 9.97 Å². The highest BCUT2D eigenvalue weighted by Gasteiger charge is 2.30. The molecule has 4 rings (SSSR count). The lowest BCUT2D eigenvalue weighted by Crippen LogP contribution is -2.05. The van der Waals surface area contributed by atoms with Gasteiger partial charge in [-0.3, -0.25) is 0 Å². The number of hydrogen-bond acceptors (Lipinski definition) is 3. The molecule has 1 saturated carbocycles. The van der Waals surface area contributed by atoms with Crippen molar-refractivity contribution < 1.29 is 0 Å². The molecule has 3 aromatic rings. The fraction of sp³-hybridized carbons (Fsp3) is 0.407. The molecule has 1 aliphatic carbocycles. The third-order valence-corrected chi connectivity index (χ3v) is 7.14. The van der Waals surface area contributed by atoms with Crippen molar-refractivity contribution in [2.75, 3.05) is 0 Å². The van der Waals surface area contributed by atoms with Crippen LogP contribution in [-0.2, 0) is 12.8 Å². The molecule has 1 atom stereocenters. The van der Waals surface area contributed by atoms with Gasteiger partial charge < -0.3 is 0 Å². The number of terminal acetylenes is 1. The summed E-state index contributed by atoms with van der Waals surface area (Å²) in [5.74, 6) is 5.85. The minimum Gasteiger partial charge on any atom is -0.241 e. The Morgan fingerprint density at radius 2 is 2.03 bits per heavy atom. The highest BCUT2D eigenvalue weighted by Crippen LogP contribution is 2.42. The summed E-state index contributed by atoms with van der Waals surface area (Å²) in [6, 6.07) is 15.3. The summed E-state index contributed by atoms with van der Waals surface area (Å²) >= 11 is 1.87. The van der Waals surface area contributed by atoms with Gasteiger partial charge in [-0.15, -0.1) is 23.7 Å². The summed E-state index contributed by atoms with van der Waals surface area (Å²) in [5.41, 5.74) is 3.66. The van der Waals surface area contributed by atoms with Crippen LogP contribution in [0.2, 0.25) is 0 Å². The van der Waals surface area contributed by atoms with E-state index in [0.29, 0.717) is 5.92 Å². The highest BCUT2D eigenvalue weighted by molar-refractivity contribution is 7.15. The van der Waals surface area contributed by atoms with E-state index in [9.17, 15) is 0 Å². The van der Waals surface area contributed by atoms with Crippen molar-refractivity contribution in [3.8, 4) is 22.9 Å². The molecule has 1 fully saturated rings. The molecule has 0 aliphatic heterocycles. The van der Waals surface area contributed by atoms with Crippen LogP contribution in [0.5, 0.6) is 0 Å².